The number of alkyl halides is 3. The second-order valence-electron chi connectivity index (χ2n) is 6.21. The van der Waals surface area contributed by atoms with Gasteiger partial charge in [-0.25, -0.2) is 0 Å². The summed E-state index contributed by atoms with van der Waals surface area (Å²) in [5.41, 5.74) is -0.412. The average molecular weight is 399 g/mol. The molecule has 0 amide bonds. The van der Waals surface area contributed by atoms with Gasteiger partial charge >= 0.3 is 0 Å². The third-order valence-electron chi connectivity index (χ3n) is 6.34. The molecule has 0 aromatic rings. The van der Waals surface area contributed by atoms with Crippen molar-refractivity contribution in [3.8, 4) is 0 Å². The Labute approximate surface area is 114 Å². The van der Waals surface area contributed by atoms with E-state index in [0.717, 1.165) is 23.7 Å². The molecule has 9 atom stereocenters. The Hall–Kier alpha value is 1.40. The largest absolute Gasteiger partial charge is 0.388 e. The van der Waals surface area contributed by atoms with Crippen LogP contribution < -0.4 is 0 Å². The van der Waals surface area contributed by atoms with Crippen molar-refractivity contribution in [1.29, 1.82) is 0 Å². The molecule has 0 unspecified atom stereocenters. The van der Waals surface area contributed by atoms with Gasteiger partial charge in [-0.1, -0.05) is 47.8 Å². The van der Waals surface area contributed by atoms with Gasteiger partial charge in [0.25, 0.3) is 0 Å². The normalized spacial score (nSPS) is 79.2. The number of hydrogen-bond donors (Lipinski definition) is 1. The fourth-order valence-electron chi connectivity index (χ4n) is 6.49. The van der Waals surface area contributed by atoms with Gasteiger partial charge in [0, 0.05) is 10.7 Å². The van der Waals surface area contributed by atoms with Gasteiger partial charge in [0.05, 0.1) is 8.83 Å². The Morgan fingerprint density at radius 3 is 2.40 bits per heavy atom. The van der Waals surface area contributed by atoms with Crippen molar-refractivity contribution < 1.29 is 5.11 Å². The van der Waals surface area contributed by atoms with E-state index in [4.69, 9.17) is 0 Å². The number of rotatable bonds is 0. The monoisotopic (exact) mass is 396 g/mol. The van der Waals surface area contributed by atoms with Crippen molar-refractivity contribution in [2.45, 2.75) is 20.1 Å². The van der Waals surface area contributed by atoms with Gasteiger partial charge < -0.3 is 5.11 Å². The molecule has 6 aliphatic rings. The summed E-state index contributed by atoms with van der Waals surface area (Å²) >= 11 is 11.6. The Kier molecular flexibility index (Phi) is 1.35. The molecule has 6 fully saturated rings. The molecule has 6 saturated carbocycles. The molecule has 0 heterocycles. The molecule has 1 N–H and O–H groups in total. The van der Waals surface area contributed by atoms with E-state index in [1.165, 1.54) is 6.42 Å². The van der Waals surface area contributed by atoms with Crippen LogP contribution in [0, 0.1) is 41.4 Å². The van der Waals surface area contributed by atoms with Gasteiger partial charge in [0.1, 0.15) is 0 Å². The predicted molar refractivity (Wildman–Crippen MR) is 67.3 cm³/mol. The van der Waals surface area contributed by atoms with E-state index in [1.54, 1.807) is 0 Å². The molecule has 0 aromatic heterocycles. The molecule has 0 saturated heterocycles. The van der Waals surface area contributed by atoms with Crippen LogP contribution in [0.25, 0.3) is 0 Å². The highest BCUT2D eigenvalue weighted by Gasteiger charge is 2.91. The summed E-state index contributed by atoms with van der Waals surface area (Å²) in [7, 11) is 0. The molecular weight excluding hydrogens is 388 g/mol. The molecule has 0 spiro atoms. The van der Waals surface area contributed by atoms with Crippen molar-refractivity contribution in [3.05, 3.63) is 0 Å². The molecule has 6 aliphatic carbocycles. The fraction of sp³-hybridized carbons (Fsp3) is 1.00. The highest BCUT2D eigenvalue weighted by molar-refractivity contribution is 9.25. The lowest BCUT2D eigenvalue weighted by Crippen LogP contribution is -2.46. The molecule has 15 heavy (non-hydrogen) atoms. The summed E-state index contributed by atoms with van der Waals surface area (Å²) in [4.78, 5) is 0.363. The van der Waals surface area contributed by atoms with E-state index in [9.17, 15) is 5.11 Å². The number of aliphatic hydroxyl groups is 1. The maximum Gasteiger partial charge on any atom is 0.0898 e. The molecular formula is C11H11Br3O. The fourth-order valence-corrected chi connectivity index (χ4v) is 10.4. The molecule has 82 valence electrons. The van der Waals surface area contributed by atoms with Crippen LogP contribution in [0.15, 0.2) is 0 Å². The summed E-state index contributed by atoms with van der Waals surface area (Å²) in [6, 6.07) is 0. The lowest BCUT2D eigenvalue weighted by atomic mass is 9.69. The van der Waals surface area contributed by atoms with Crippen molar-refractivity contribution in [2.24, 2.45) is 41.4 Å². The van der Waals surface area contributed by atoms with Crippen LogP contribution in [-0.2, 0) is 0 Å². The molecule has 0 aliphatic heterocycles. The van der Waals surface area contributed by atoms with E-state index in [0.29, 0.717) is 22.6 Å². The summed E-state index contributed by atoms with van der Waals surface area (Å²) in [6.07, 6.45) is 1.38. The highest BCUT2D eigenvalue weighted by atomic mass is 79.9. The molecule has 0 radical (unpaired) electrons. The van der Waals surface area contributed by atoms with Crippen LogP contribution in [0.2, 0.25) is 0 Å². The zero-order valence-corrected chi connectivity index (χ0v) is 12.7. The Balaban J connectivity index is 1.88. The van der Waals surface area contributed by atoms with Crippen LogP contribution in [0.5, 0.6) is 0 Å². The Morgan fingerprint density at radius 1 is 1.07 bits per heavy atom. The van der Waals surface area contributed by atoms with Crippen LogP contribution in [0.1, 0.15) is 6.42 Å². The molecule has 0 aromatic carbocycles. The number of halogens is 3. The zero-order valence-electron chi connectivity index (χ0n) is 7.91. The van der Waals surface area contributed by atoms with E-state index in [-0.39, 0.29) is 3.23 Å². The van der Waals surface area contributed by atoms with Crippen molar-refractivity contribution >= 4 is 47.8 Å². The van der Waals surface area contributed by atoms with Crippen LogP contribution in [-0.4, -0.2) is 18.8 Å². The minimum Gasteiger partial charge on any atom is -0.388 e. The first-order valence-electron chi connectivity index (χ1n) is 5.75. The van der Waals surface area contributed by atoms with Crippen LogP contribution in [0.4, 0.5) is 0 Å². The minimum absolute atomic E-state index is 0.0424. The molecule has 1 nitrogen and oxygen atoms in total. The van der Waals surface area contributed by atoms with Crippen molar-refractivity contribution in [3.63, 3.8) is 0 Å². The maximum absolute atomic E-state index is 11.0. The Morgan fingerprint density at radius 2 is 1.73 bits per heavy atom. The van der Waals surface area contributed by atoms with Crippen molar-refractivity contribution in [1.82, 2.24) is 0 Å². The Bertz CT molecular complexity index is 395. The first kappa shape index (κ1) is 9.35. The maximum atomic E-state index is 11.0. The molecule has 4 heteroatoms. The second kappa shape index (κ2) is 2.17. The summed E-state index contributed by atoms with van der Waals surface area (Å²) in [5, 5.41) is 11.0. The van der Waals surface area contributed by atoms with Crippen molar-refractivity contribution in [2.75, 3.05) is 0 Å². The van der Waals surface area contributed by atoms with Gasteiger partial charge in [0.2, 0.25) is 0 Å². The minimum atomic E-state index is -0.412. The molecule has 6 rings (SSSR count). The second-order valence-corrected chi connectivity index (χ2v) is 10.9. The average Bonchev–Trinajstić information content (AvgIpc) is 2.81. The van der Waals surface area contributed by atoms with E-state index < -0.39 is 5.60 Å². The van der Waals surface area contributed by atoms with E-state index in [2.05, 4.69) is 47.8 Å². The van der Waals surface area contributed by atoms with Gasteiger partial charge in [-0.15, -0.1) is 0 Å². The first-order chi connectivity index (χ1) is 7.00. The SMILES string of the molecule is O[C@@]12[C@H]3[C@H]4C[C@H]5[C@@H]([C@H]4[C@@H]1Br)[C@H]2C(Br)(Br)[C@H]53. The quantitative estimate of drug-likeness (QED) is 0.622. The zero-order chi connectivity index (χ0) is 10.3. The van der Waals surface area contributed by atoms with Gasteiger partial charge in [-0.2, -0.15) is 0 Å². The number of hydrogen-bond acceptors (Lipinski definition) is 1. The predicted octanol–water partition coefficient (Wildman–Crippen LogP) is 2.74. The summed E-state index contributed by atoms with van der Waals surface area (Å²) in [6.45, 7) is 0. The van der Waals surface area contributed by atoms with Crippen LogP contribution >= 0.6 is 47.8 Å². The summed E-state index contributed by atoms with van der Waals surface area (Å²) < 4.78 is 0.0424. The summed E-state index contributed by atoms with van der Waals surface area (Å²) in [5.74, 6) is 4.93. The molecule has 6 bridgehead atoms. The van der Waals surface area contributed by atoms with Gasteiger partial charge in [0.15, 0.2) is 0 Å². The van der Waals surface area contributed by atoms with Crippen LogP contribution in [0.3, 0.4) is 0 Å². The van der Waals surface area contributed by atoms with Gasteiger partial charge in [-0.05, 0) is 41.9 Å². The van der Waals surface area contributed by atoms with E-state index in [1.807, 2.05) is 0 Å². The van der Waals surface area contributed by atoms with Gasteiger partial charge in [-0.3, -0.25) is 0 Å². The standard InChI is InChI=1S/C11H11Br3O/c12-9-5-3-1-2-4(5)8-10(9,15)6(3)7(2)11(8,13)14/h2-9,15H,1H2/t2-,3-,4-,5-,6-,7+,8+,9-,10+/m0/s1. The lowest BCUT2D eigenvalue weighted by Gasteiger charge is -2.38. The smallest absolute Gasteiger partial charge is 0.0898 e. The topological polar surface area (TPSA) is 20.2 Å². The lowest BCUT2D eigenvalue weighted by molar-refractivity contribution is -0.0514. The van der Waals surface area contributed by atoms with E-state index >= 15 is 0 Å². The highest BCUT2D eigenvalue weighted by Crippen LogP contribution is 2.89. The first-order valence-corrected chi connectivity index (χ1v) is 8.25. The third kappa shape index (κ3) is 0.609. The third-order valence-corrected chi connectivity index (χ3v) is 9.73.